The average molecular weight is 474 g/mol. The van der Waals surface area contributed by atoms with Crippen LogP contribution in [-0.2, 0) is 24.0 Å². The molecule has 0 aliphatic heterocycles. The number of hydrogen-bond donors (Lipinski definition) is 7. The van der Waals surface area contributed by atoms with Crippen molar-refractivity contribution in [2.24, 2.45) is 23.3 Å². The number of carboxylic acids is 2. The molecule has 0 aromatic heterocycles. The van der Waals surface area contributed by atoms with E-state index in [1.807, 2.05) is 0 Å². The Hall–Kier alpha value is -2.73. The molecular weight excluding hydrogens is 434 g/mol. The van der Waals surface area contributed by atoms with E-state index in [0.717, 1.165) is 6.42 Å². The van der Waals surface area contributed by atoms with Gasteiger partial charge in [0.05, 0.1) is 12.5 Å². The fraction of sp³-hybridized carbons (Fsp3) is 0.762. The number of carboxylic acid groups (broad SMARTS) is 2. The number of nitrogens with two attached hydrogens (primary N) is 2. The molecule has 3 amide bonds. The summed E-state index contributed by atoms with van der Waals surface area (Å²) in [7, 11) is 0. The predicted molar refractivity (Wildman–Crippen MR) is 121 cm³/mol. The molecule has 0 aliphatic rings. The lowest BCUT2D eigenvalue weighted by Crippen LogP contribution is -2.58. The number of carbonyl (C=O) groups excluding carboxylic acids is 3. The molecule has 0 radical (unpaired) electrons. The molecule has 0 fully saturated rings. The van der Waals surface area contributed by atoms with Crippen LogP contribution in [0.1, 0.15) is 59.8 Å². The van der Waals surface area contributed by atoms with Crippen LogP contribution in [0.3, 0.4) is 0 Å². The zero-order chi connectivity index (χ0) is 25.7. The van der Waals surface area contributed by atoms with Crippen molar-refractivity contribution >= 4 is 29.7 Å². The predicted octanol–water partition coefficient (Wildman–Crippen LogP) is -0.841. The minimum atomic E-state index is -1.64. The molecule has 0 bridgehead atoms. The maximum atomic E-state index is 12.9. The molecule has 0 saturated heterocycles. The summed E-state index contributed by atoms with van der Waals surface area (Å²) < 4.78 is 0. The van der Waals surface area contributed by atoms with Crippen molar-refractivity contribution in [3.8, 4) is 0 Å². The van der Waals surface area contributed by atoms with Gasteiger partial charge in [-0.3, -0.25) is 19.2 Å². The lowest BCUT2D eigenvalue weighted by atomic mass is 9.99. The molecule has 12 nitrogen and oxygen atoms in total. The van der Waals surface area contributed by atoms with Crippen LogP contribution in [0.25, 0.3) is 0 Å². The fourth-order valence-corrected chi connectivity index (χ4v) is 3.05. The largest absolute Gasteiger partial charge is 0.481 e. The molecule has 0 heterocycles. The second kappa shape index (κ2) is 15.2. The Bertz CT molecular complexity index is 684. The van der Waals surface area contributed by atoms with E-state index in [1.54, 1.807) is 27.7 Å². The molecule has 0 saturated carbocycles. The summed E-state index contributed by atoms with van der Waals surface area (Å²) in [6.45, 7) is 7.53. The molecule has 4 unspecified atom stereocenters. The minimum Gasteiger partial charge on any atom is -0.481 e. The number of rotatable bonds is 16. The van der Waals surface area contributed by atoms with Gasteiger partial charge in [-0.05, 0) is 37.6 Å². The molecule has 12 heteroatoms. The normalized spacial score (nSPS) is 14.8. The quantitative estimate of drug-likeness (QED) is 0.139. The third-order valence-electron chi connectivity index (χ3n) is 4.89. The van der Waals surface area contributed by atoms with Crippen LogP contribution in [0.15, 0.2) is 0 Å². The number of unbranched alkanes of at least 4 members (excludes halogenated alkanes) is 1. The molecule has 0 aliphatic carbocycles. The summed E-state index contributed by atoms with van der Waals surface area (Å²) >= 11 is 0. The molecule has 190 valence electrons. The van der Waals surface area contributed by atoms with Crippen LogP contribution >= 0.6 is 0 Å². The zero-order valence-electron chi connectivity index (χ0n) is 19.8. The van der Waals surface area contributed by atoms with Crippen molar-refractivity contribution in [1.29, 1.82) is 0 Å². The Morgan fingerprint density at radius 2 is 1.39 bits per heavy atom. The Balaban J connectivity index is 5.36. The first-order valence-corrected chi connectivity index (χ1v) is 11.1. The van der Waals surface area contributed by atoms with Gasteiger partial charge in [0, 0.05) is 0 Å². The van der Waals surface area contributed by atoms with Gasteiger partial charge >= 0.3 is 11.9 Å². The topological polar surface area (TPSA) is 214 Å². The van der Waals surface area contributed by atoms with E-state index in [1.165, 1.54) is 0 Å². The van der Waals surface area contributed by atoms with E-state index >= 15 is 0 Å². The molecule has 33 heavy (non-hydrogen) atoms. The zero-order valence-corrected chi connectivity index (χ0v) is 19.8. The Labute approximate surface area is 194 Å². The van der Waals surface area contributed by atoms with Crippen molar-refractivity contribution < 1.29 is 34.2 Å². The molecule has 0 spiro atoms. The third-order valence-corrected chi connectivity index (χ3v) is 4.89. The van der Waals surface area contributed by atoms with Crippen LogP contribution in [0.4, 0.5) is 0 Å². The van der Waals surface area contributed by atoms with Gasteiger partial charge in [-0.2, -0.15) is 0 Å². The number of hydrogen-bond acceptors (Lipinski definition) is 7. The first-order valence-electron chi connectivity index (χ1n) is 11.1. The first-order chi connectivity index (χ1) is 15.3. The summed E-state index contributed by atoms with van der Waals surface area (Å²) in [5.74, 6) is -5.22. The van der Waals surface area contributed by atoms with Crippen LogP contribution in [0.2, 0.25) is 0 Å². The number of nitrogens with one attached hydrogen (secondary N) is 3. The molecular formula is C21H39N5O7. The smallest absolute Gasteiger partial charge is 0.326 e. The summed E-state index contributed by atoms with van der Waals surface area (Å²) in [6.07, 6.45) is 1.17. The van der Waals surface area contributed by atoms with E-state index in [2.05, 4.69) is 16.0 Å². The second-order valence-electron chi connectivity index (χ2n) is 8.81. The van der Waals surface area contributed by atoms with Crippen LogP contribution in [0.5, 0.6) is 0 Å². The van der Waals surface area contributed by atoms with Crippen LogP contribution in [-0.4, -0.2) is 70.6 Å². The SMILES string of the molecule is CC(C)CC(NC(=O)C(NC(=O)C(N)CCCCN)C(C)C)C(=O)NC(CC(=O)O)C(=O)O. The highest BCUT2D eigenvalue weighted by Gasteiger charge is 2.32. The first kappa shape index (κ1) is 30.3. The van der Waals surface area contributed by atoms with Crippen molar-refractivity contribution in [2.45, 2.75) is 84.0 Å². The van der Waals surface area contributed by atoms with E-state index in [9.17, 15) is 29.1 Å². The van der Waals surface area contributed by atoms with E-state index < -0.39 is 60.2 Å². The van der Waals surface area contributed by atoms with Gasteiger partial charge in [0.25, 0.3) is 0 Å². The molecule has 0 aromatic rings. The molecule has 4 atom stereocenters. The average Bonchev–Trinajstić information content (AvgIpc) is 2.69. The van der Waals surface area contributed by atoms with Gasteiger partial charge in [-0.15, -0.1) is 0 Å². The maximum absolute atomic E-state index is 12.9. The minimum absolute atomic E-state index is 0.0492. The van der Waals surface area contributed by atoms with Crippen molar-refractivity contribution in [3.05, 3.63) is 0 Å². The van der Waals surface area contributed by atoms with Gasteiger partial charge in [0.1, 0.15) is 18.1 Å². The third kappa shape index (κ3) is 12.2. The van der Waals surface area contributed by atoms with Crippen molar-refractivity contribution in [2.75, 3.05) is 6.54 Å². The van der Waals surface area contributed by atoms with Gasteiger partial charge in [-0.1, -0.05) is 34.1 Å². The number of amides is 3. The van der Waals surface area contributed by atoms with Gasteiger partial charge in [-0.25, -0.2) is 4.79 Å². The Kier molecular flexibility index (Phi) is 13.9. The second-order valence-corrected chi connectivity index (χ2v) is 8.81. The maximum Gasteiger partial charge on any atom is 0.326 e. The van der Waals surface area contributed by atoms with Gasteiger partial charge in [0.15, 0.2) is 0 Å². The Morgan fingerprint density at radius 3 is 1.85 bits per heavy atom. The standard InChI is InChI=1S/C21H39N5O7/c1-11(2)9-14(19(30)25-15(21(32)33)10-16(27)28)24-20(31)17(12(3)4)26-18(29)13(23)7-5-6-8-22/h11-15,17H,5-10,22-23H2,1-4H3,(H,24,31)(H,25,30)(H,26,29)(H,27,28)(H,32,33). The van der Waals surface area contributed by atoms with Crippen molar-refractivity contribution in [3.63, 3.8) is 0 Å². The lowest BCUT2D eigenvalue weighted by Gasteiger charge is -2.27. The molecule has 0 rings (SSSR count). The number of aliphatic carboxylic acids is 2. The molecule has 9 N–H and O–H groups in total. The summed E-state index contributed by atoms with van der Waals surface area (Å²) in [5, 5.41) is 25.4. The van der Waals surface area contributed by atoms with E-state index in [4.69, 9.17) is 16.6 Å². The molecule has 0 aromatic carbocycles. The summed E-state index contributed by atoms with van der Waals surface area (Å²) in [4.78, 5) is 60.2. The lowest BCUT2D eigenvalue weighted by molar-refractivity contribution is -0.147. The number of carbonyl (C=O) groups is 5. The van der Waals surface area contributed by atoms with Gasteiger partial charge in [0.2, 0.25) is 17.7 Å². The highest BCUT2D eigenvalue weighted by atomic mass is 16.4. The fourth-order valence-electron chi connectivity index (χ4n) is 3.05. The van der Waals surface area contributed by atoms with Crippen molar-refractivity contribution in [1.82, 2.24) is 16.0 Å². The monoisotopic (exact) mass is 473 g/mol. The van der Waals surface area contributed by atoms with Gasteiger partial charge < -0.3 is 37.6 Å². The summed E-state index contributed by atoms with van der Waals surface area (Å²) in [6, 6.07) is -4.55. The van der Waals surface area contributed by atoms with Crippen LogP contribution < -0.4 is 27.4 Å². The highest BCUT2D eigenvalue weighted by molar-refractivity contribution is 5.94. The van der Waals surface area contributed by atoms with E-state index in [0.29, 0.717) is 19.4 Å². The van der Waals surface area contributed by atoms with Crippen LogP contribution in [0, 0.1) is 11.8 Å². The highest BCUT2D eigenvalue weighted by Crippen LogP contribution is 2.09. The Morgan fingerprint density at radius 1 is 0.818 bits per heavy atom. The van der Waals surface area contributed by atoms with E-state index in [-0.39, 0.29) is 18.3 Å². The summed E-state index contributed by atoms with van der Waals surface area (Å²) in [5.41, 5.74) is 11.3.